The van der Waals surface area contributed by atoms with E-state index >= 15 is 0 Å². The molecule has 2 aromatic rings. The molecule has 0 aliphatic carbocycles. The van der Waals surface area contributed by atoms with Gasteiger partial charge in [-0.05, 0) is 37.5 Å². The van der Waals surface area contributed by atoms with Gasteiger partial charge in [0.2, 0.25) is 5.91 Å². The summed E-state index contributed by atoms with van der Waals surface area (Å²) in [6.07, 6.45) is 1.05. The molecule has 5 heteroatoms. The van der Waals surface area contributed by atoms with Gasteiger partial charge in [-0.1, -0.05) is 35.9 Å². The summed E-state index contributed by atoms with van der Waals surface area (Å²) in [4.78, 5) is 17.9. The Morgan fingerprint density at radius 1 is 1.13 bits per heavy atom. The molecule has 23 heavy (non-hydrogen) atoms. The van der Waals surface area contributed by atoms with Crippen LogP contribution in [0, 0.1) is 0 Å². The summed E-state index contributed by atoms with van der Waals surface area (Å²) >= 11 is 7.93. The second-order valence-electron chi connectivity index (χ2n) is 5.92. The van der Waals surface area contributed by atoms with Gasteiger partial charge < -0.3 is 9.80 Å². The second kappa shape index (κ2) is 7.56. The Morgan fingerprint density at radius 2 is 1.91 bits per heavy atom. The first-order valence-corrected chi connectivity index (χ1v) is 9.28. The van der Waals surface area contributed by atoms with Crippen LogP contribution in [0.15, 0.2) is 41.3 Å². The van der Waals surface area contributed by atoms with Crippen molar-refractivity contribution in [2.75, 3.05) is 39.0 Å². The van der Waals surface area contributed by atoms with E-state index in [4.69, 9.17) is 11.6 Å². The van der Waals surface area contributed by atoms with E-state index in [2.05, 4.69) is 24.1 Å². The highest BCUT2D eigenvalue weighted by Crippen LogP contribution is 2.33. The highest BCUT2D eigenvalue weighted by molar-refractivity contribution is 8.00. The summed E-state index contributed by atoms with van der Waals surface area (Å²) in [5, 5.41) is 2.91. The molecule has 3 nitrogen and oxygen atoms in total. The fourth-order valence-corrected chi connectivity index (χ4v) is 4.26. The number of nitrogens with zero attached hydrogens (tertiary/aromatic N) is 2. The van der Waals surface area contributed by atoms with E-state index in [-0.39, 0.29) is 5.91 Å². The number of carbonyl (C=O) groups is 1. The third-order valence-corrected chi connectivity index (χ3v) is 5.60. The van der Waals surface area contributed by atoms with Crippen molar-refractivity contribution in [2.45, 2.75) is 11.3 Å². The van der Waals surface area contributed by atoms with Gasteiger partial charge in [0, 0.05) is 34.9 Å². The number of rotatable bonds is 3. The van der Waals surface area contributed by atoms with Crippen molar-refractivity contribution >= 4 is 40.0 Å². The number of thioether (sulfide) groups is 1. The molecule has 1 fully saturated rings. The maximum atomic E-state index is 12.5. The number of amides is 1. The highest BCUT2D eigenvalue weighted by atomic mass is 35.5. The Kier molecular flexibility index (Phi) is 5.46. The molecule has 0 bridgehead atoms. The van der Waals surface area contributed by atoms with Gasteiger partial charge in [-0.15, -0.1) is 11.8 Å². The summed E-state index contributed by atoms with van der Waals surface area (Å²) in [5.41, 5.74) is 0. The lowest BCUT2D eigenvalue weighted by Crippen LogP contribution is -2.35. The molecule has 1 amide bonds. The molecule has 1 saturated heterocycles. The molecular weight excluding hydrogens is 328 g/mol. The maximum Gasteiger partial charge on any atom is 0.232 e. The smallest absolute Gasteiger partial charge is 0.232 e. The van der Waals surface area contributed by atoms with Crippen LogP contribution in [0.5, 0.6) is 0 Å². The maximum absolute atomic E-state index is 12.5. The van der Waals surface area contributed by atoms with Crippen molar-refractivity contribution in [3.63, 3.8) is 0 Å². The predicted molar refractivity (Wildman–Crippen MR) is 98.4 cm³/mol. The molecule has 0 unspecified atom stereocenters. The molecule has 0 aromatic heterocycles. The summed E-state index contributed by atoms with van der Waals surface area (Å²) in [6.45, 7) is 3.71. The van der Waals surface area contributed by atoms with Crippen LogP contribution in [0.4, 0.5) is 0 Å². The molecule has 0 spiro atoms. The van der Waals surface area contributed by atoms with Gasteiger partial charge in [0.05, 0.1) is 5.75 Å². The molecule has 0 atom stereocenters. The van der Waals surface area contributed by atoms with Crippen LogP contribution < -0.4 is 0 Å². The summed E-state index contributed by atoms with van der Waals surface area (Å²) in [5.74, 6) is 0.683. The van der Waals surface area contributed by atoms with Crippen LogP contribution in [-0.4, -0.2) is 54.7 Å². The molecule has 0 saturated carbocycles. The van der Waals surface area contributed by atoms with Gasteiger partial charge in [0.1, 0.15) is 0 Å². The third-order valence-electron chi connectivity index (χ3n) is 4.24. The van der Waals surface area contributed by atoms with Crippen molar-refractivity contribution in [3.05, 3.63) is 41.4 Å². The van der Waals surface area contributed by atoms with Crippen molar-refractivity contribution < 1.29 is 4.79 Å². The van der Waals surface area contributed by atoms with Crippen LogP contribution in [-0.2, 0) is 4.79 Å². The second-order valence-corrected chi connectivity index (χ2v) is 7.34. The van der Waals surface area contributed by atoms with E-state index in [0.29, 0.717) is 5.75 Å². The number of likely N-dealkylation sites (N-methyl/N-ethyl adjacent to an activating group) is 1. The molecule has 3 rings (SSSR count). The van der Waals surface area contributed by atoms with E-state index < -0.39 is 0 Å². The largest absolute Gasteiger partial charge is 0.341 e. The molecule has 2 aromatic carbocycles. The predicted octanol–water partition coefficient (Wildman–Crippen LogP) is 3.75. The molecule has 0 radical (unpaired) electrons. The Labute approximate surface area is 146 Å². The zero-order valence-corrected chi connectivity index (χ0v) is 14.9. The zero-order chi connectivity index (χ0) is 16.2. The fourth-order valence-electron chi connectivity index (χ4n) is 2.91. The summed E-state index contributed by atoms with van der Waals surface area (Å²) in [7, 11) is 2.11. The first-order chi connectivity index (χ1) is 11.1. The molecular formula is C18H21ClN2OS. The van der Waals surface area contributed by atoms with E-state index in [1.54, 1.807) is 11.8 Å². The number of benzene rings is 2. The van der Waals surface area contributed by atoms with Gasteiger partial charge in [-0.25, -0.2) is 0 Å². The van der Waals surface area contributed by atoms with Crippen molar-refractivity contribution in [2.24, 2.45) is 0 Å². The average Bonchev–Trinajstić information content (AvgIpc) is 2.77. The molecule has 1 aliphatic heterocycles. The monoisotopic (exact) mass is 348 g/mol. The fraction of sp³-hybridized carbons (Fsp3) is 0.389. The Balaban J connectivity index is 1.70. The van der Waals surface area contributed by atoms with Crippen molar-refractivity contribution in [1.29, 1.82) is 0 Å². The lowest BCUT2D eigenvalue weighted by atomic mass is 10.1. The standard InChI is InChI=1S/C18H21ClN2OS/c1-20-9-4-10-21(12-11-20)17(22)13-23-16-8-3-6-14-5-2-7-15(19)18(14)16/h2-3,5-8H,4,9-13H2,1H3. The van der Waals surface area contributed by atoms with E-state index in [1.807, 2.05) is 29.2 Å². The van der Waals surface area contributed by atoms with Gasteiger partial charge in [0.15, 0.2) is 0 Å². The van der Waals surface area contributed by atoms with Crippen molar-refractivity contribution in [3.8, 4) is 0 Å². The Morgan fingerprint density at radius 3 is 2.74 bits per heavy atom. The number of fused-ring (bicyclic) bond motifs is 1. The lowest BCUT2D eigenvalue weighted by molar-refractivity contribution is -0.128. The van der Waals surface area contributed by atoms with E-state index in [1.165, 1.54) is 0 Å². The van der Waals surface area contributed by atoms with Crippen molar-refractivity contribution in [1.82, 2.24) is 9.80 Å². The van der Waals surface area contributed by atoms with E-state index in [0.717, 1.165) is 53.3 Å². The van der Waals surface area contributed by atoms with Gasteiger partial charge in [-0.3, -0.25) is 4.79 Å². The average molecular weight is 349 g/mol. The Hall–Kier alpha value is -1.23. The molecule has 122 valence electrons. The minimum absolute atomic E-state index is 0.217. The number of carbonyl (C=O) groups excluding carboxylic acids is 1. The lowest BCUT2D eigenvalue weighted by Gasteiger charge is -2.20. The summed E-state index contributed by atoms with van der Waals surface area (Å²) in [6, 6.07) is 12.0. The van der Waals surface area contributed by atoms with E-state index in [9.17, 15) is 4.79 Å². The first-order valence-electron chi connectivity index (χ1n) is 7.91. The van der Waals surface area contributed by atoms with Crippen LogP contribution in [0.1, 0.15) is 6.42 Å². The topological polar surface area (TPSA) is 23.6 Å². The number of hydrogen-bond acceptors (Lipinski definition) is 3. The molecule has 1 aliphatic rings. The third kappa shape index (κ3) is 4.00. The normalized spacial score (nSPS) is 16.5. The minimum atomic E-state index is 0.217. The van der Waals surface area contributed by atoms with Gasteiger partial charge in [0.25, 0.3) is 0 Å². The minimum Gasteiger partial charge on any atom is -0.341 e. The molecule has 1 heterocycles. The van der Waals surface area contributed by atoms with Crippen LogP contribution in [0.3, 0.4) is 0 Å². The van der Waals surface area contributed by atoms with Crippen LogP contribution >= 0.6 is 23.4 Å². The Bertz CT molecular complexity index is 701. The SMILES string of the molecule is CN1CCCN(C(=O)CSc2cccc3cccc(Cl)c23)CC1. The molecule has 0 N–H and O–H groups in total. The van der Waals surface area contributed by atoms with Gasteiger partial charge >= 0.3 is 0 Å². The van der Waals surface area contributed by atoms with Gasteiger partial charge in [-0.2, -0.15) is 0 Å². The summed E-state index contributed by atoms with van der Waals surface area (Å²) < 4.78 is 0. The van der Waals surface area contributed by atoms with Crippen LogP contribution in [0.2, 0.25) is 5.02 Å². The zero-order valence-electron chi connectivity index (χ0n) is 13.3. The number of hydrogen-bond donors (Lipinski definition) is 0. The highest BCUT2D eigenvalue weighted by Gasteiger charge is 2.18. The van der Waals surface area contributed by atoms with Crippen LogP contribution in [0.25, 0.3) is 10.8 Å². The quantitative estimate of drug-likeness (QED) is 0.789. The first kappa shape index (κ1) is 16.6. The number of halogens is 1.